The molecule has 1 fully saturated rings. The number of halogens is 1. The molecule has 1 aromatic carbocycles. The van der Waals surface area contributed by atoms with Crippen molar-refractivity contribution in [1.29, 1.82) is 0 Å². The van der Waals surface area contributed by atoms with E-state index < -0.39 is 0 Å². The normalized spacial score (nSPS) is 15.5. The van der Waals surface area contributed by atoms with Gasteiger partial charge < -0.3 is 14.8 Å². The number of benzene rings is 1. The van der Waals surface area contributed by atoms with Gasteiger partial charge in [-0.25, -0.2) is 0 Å². The number of rotatable bonds is 6. The zero-order valence-electron chi connectivity index (χ0n) is 14.2. The highest BCUT2D eigenvalue weighted by molar-refractivity contribution is 6.32. The summed E-state index contributed by atoms with van der Waals surface area (Å²) in [6.07, 6.45) is 6.22. The Morgan fingerprint density at radius 3 is 2.61 bits per heavy atom. The zero-order chi connectivity index (χ0) is 16.8. The Labute approximate surface area is 143 Å². The number of carbonyl (C=O) groups is 1. The predicted octanol–water partition coefficient (Wildman–Crippen LogP) is 4.45. The Morgan fingerprint density at radius 1 is 1.30 bits per heavy atom. The average molecular weight is 340 g/mol. The molecular formula is C18H26ClNO3. The zero-order valence-corrected chi connectivity index (χ0v) is 14.9. The second-order valence-electron chi connectivity index (χ2n) is 6.37. The monoisotopic (exact) mass is 339 g/mol. The van der Waals surface area contributed by atoms with Crippen molar-refractivity contribution in [3.8, 4) is 11.5 Å². The number of amides is 1. The van der Waals surface area contributed by atoms with E-state index in [0.29, 0.717) is 28.0 Å². The van der Waals surface area contributed by atoms with Gasteiger partial charge in [-0.15, -0.1) is 0 Å². The van der Waals surface area contributed by atoms with Crippen LogP contribution in [0.1, 0.15) is 56.3 Å². The van der Waals surface area contributed by atoms with Crippen LogP contribution < -0.4 is 14.8 Å². The summed E-state index contributed by atoms with van der Waals surface area (Å²) < 4.78 is 11.0. The predicted molar refractivity (Wildman–Crippen MR) is 92.7 cm³/mol. The largest absolute Gasteiger partial charge is 0.493 e. The molecule has 0 aromatic heterocycles. The summed E-state index contributed by atoms with van der Waals surface area (Å²) in [6, 6.07) is 3.32. The number of methoxy groups -OCH3 is 1. The van der Waals surface area contributed by atoms with Gasteiger partial charge in [0.25, 0.3) is 5.91 Å². The molecule has 0 saturated heterocycles. The first-order valence-corrected chi connectivity index (χ1v) is 8.71. The first-order valence-electron chi connectivity index (χ1n) is 8.33. The van der Waals surface area contributed by atoms with Crippen LogP contribution in [0.25, 0.3) is 0 Å². The number of carbonyl (C=O) groups excluding carboxylic acids is 1. The van der Waals surface area contributed by atoms with Gasteiger partial charge in [-0.1, -0.05) is 30.9 Å². The Hall–Kier alpha value is -1.42. The van der Waals surface area contributed by atoms with Gasteiger partial charge in [0.2, 0.25) is 0 Å². The van der Waals surface area contributed by atoms with Crippen LogP contribution in [0, 0.1) is 5.92 Å². The molecule has 0 unspecified atom stereocenters. The minimum Gasteiger partial charge on any atom is -0.493 e. The fourth-order valence-corrected chi connectivity index (χ4v) is 3.19. The van der Waals surface area contributed by atoms with Crippen molar-refractivity contribution in [3.05, 3.63) is 22.7 Å². The third-order valence-corrected chi connectivity index (χ3v) is 4.40. The van der Waals surface area contributed by atoms with E-state index in [9.17, 15) is 4.79 Å². The highest BCUT2D eigenvalue weighted by atomic mass is 35.5. The van der Waals surface area contributed by atoms with Gasteiger partial charge in [-0.2, -0.15) is 0 Å². The molecule has 1 amide bonds. The number of nitrogens with one attached hydrogen (secondary N) is 1. The van der Waals surface area contributed by atoms with E-state index in [2.05, 4.69) is 5.32 Å². The van der Waals surface area contributed by atoms with Crippen LogP contribution in [0.5, 0.6) is 11.5 Å². The average Bonchev–Trinajstić information content (AvgIpc) is 2.54. The lowest BCUT2D eigenvalue weighted by Gasteiger charge is -2.22. The molecule has 128 valence electrons. The van der Waals surface area contributed by atoms with E-state index in [-0.39, 0.29) is 12.0 Å². The molecule has 0 heterocycles. The summed E-state index contributed by atoms with van der Waals surface area (Å²) in [4.78, 5) is 12.4. The molecule has 0 bridgehead atoms. The van der Waals surface area contributed by atoms with Gasteiger partial charge in [-0.05, 0) is 44.7 Å². The number of hydrogen-bond acceptors (Lipinski definition) is 3. The summed E-state index contributed by atoms with van der Waals surface area (Å²) >= 11 is 6.27. The molecule has 1 aliphatic rings. The van der Waals surface area contributed by atoms with Crippen LogP contribution in [0.3, 0.4) is 0 Å². The van der Waals surface area contributed by atoms with Crippen molar-refractivity contribution in [2.75, 3.05) is 13.7 Å². The molecule has 23 heavy (non-hydrogen) atoms. The number of hydrogen-bond donors (Lipinski definition) is 1. The lowest BCUT2D eigenvalue weighted by molar-refractivity contribution is 0.0943. The fourth-order valence-electron chi connectivity index (χ4n) is 2.93. The standard InChI is InChI=1S/C18H26ClNO3/c1-12(2)23-17-15(19)9-14(10-16(17)22-3)18(21)20-11-13-7-5-4-6-8-13/h9-10,12-13H,4-8,11H2,1-3H3,(H,20,21). The highest BCUT2D eigenvalue weighted by Gasteiger charge is 2.18. The third-order valence-electron chi connectivity index (χ3n) is 4.12. The van der Waals surface area contributed by atoms with Crippen LogP contribution >= 0.6 is 11.6 Å². The van der Waals surface area contributed by atoms with E-state index in [1.807, 2.05) is 13.8 Å². The quantitative estimate of drug-likeness (QED) is 0.833. The van der Waals surface area contributed by atoms with Crippen molar-refractivity contribution in [3.63, 3.8) is 0 Å². The van der Waals surface area contributed by atoms with Crippen LogP contribution in [0.15, 0.2) is 12.1 Å². The molecule has 0 spiro atoms. The second kappa shape index (κ2) is 8.44. The van der Waals surface area contributed by atoms with Gasteiger partial charge in [0.1, 0.15) is 0 Å². The van der Waals surface area contributed by atoms with Gasteiger partial charge in [-0.3, -0.25) is 4.79 Å². The maximum absolute atomic E-state index is 12.4. The molecule has 0 radical (unpaired) electrons. The molecule has 1 aromatic rings. The van der Waals surface area contributed by atoms with E-state index in [1.165, 1.54) is 32.1 Å². The summed E-state index contributed by atoms with van der Waals surface area (Å²) in [6.45, 7) is 4.56. The van der Waals surface area contributed by atoms with E-state index in [4.69, 9.17) is 21.1 Å². The van der Waals surface area contributed by atoms with Crippen molar-refractivity contribution in [2.45, 2.75) is 52.1 Å². The summed E-state index contributed by atoms with van der Waals surface area (Å²) in [5.74, 6) is 1.43. The van der Waals surface area contributed by atoms with Crippen molar-refractivity contribution < 1.29 is 14.3 Å². The lowest BCUT2D eigenvalue weighted by Crippen LogP contribution is -2.30. The Balaban J connectivity index is 2.06. The molecule has 1 aliphatic carbocycles. The van der Waals surface area contributed by atoms with Crippen molar-refractivity contribution >= 4 is 17.5 Å². The summed E-state index contributed by atoms with van der Waals surface area (Å²) in [5.41, 5.74) is 0.499. The molecule has 0 atom stereocenters. The van der Waals surface area contributed by atoms with E-state index in [1.54, 1.807) is 19.2 Å². The lowest BCUT2D eigenvalue weighted by atomic mass is 9.89. The van der Waals surface area contributed by atoms with Crippen molar-refractivity contribution in [1.82, 2.24) is 5.32 Å². The summed E-state index contributed by atoms with van der Waals surface area (Å²) in [7, 11) is 1.54. The maximum atomic E-state index is 12.4. The van der Waals surface area contributed by atoms with Gasteiger partial charge >= 0.3 is 0 Å². The minimum absolute atomic E-state index is 0.0209. The van der Waals surface area contributed by atoms with Crippen LogP contribution in [-0.2, 0) is 0 Å². The molecular weight excluding hydrogens is 314 g/mol. The van der Waals surface area contributed by atoms with Gasteiger partial charge in [0.05, 0.1) is 18.2 Å². The first kappa shape index (κ1) is 17.9. The SMILES string of the molecule is COc1cc(C(=O)NCC2CCCCC2)cc(Cl)c1OC(C)C. The molecule has 2 rings (SSSR count). The Bertz CT molecular complexity index is 539. The highest BCUT2D eigenvalue weighted by Crippen LogP contribution is 2.37. The van der Waals surface area contributed by atoms with Gasteiger partial charge in [0.15, 0.2) is 11.5 Å². The van der Waals surface area contributed by atoms with Crippen LogP contribution in [-0.4, -0.2) is 25.7 Å². The van der Waals surface area contributed by atoms with Crippen LogP contribution in [0.4, 0.5) is 0 Å². The third kappa shape index (κ3) is 5.03. The van der Waals surface area contributed by atoms with E-state index in [0.717, 1.165) is 6.54 Å². The topological polar surface area (TPSA) is 47.6 Å². The van der Waals surface area contributed by atoms with Crippen LogP contribution in [0.2, 0.25) is 5.02 Å². The van der Waals surface area contributed by atoms with Crippen molar-refractivity contribution in [2.24, 2.45) is 5.92 Å². The smallest absolute Gasteiger partial charge is 0.251 e. The Kier molecular flexibility index (Phi) is 6.58. The summed E-state index contributed by atoms with van der Waals surface area (Å²) in [5, 5.41) is 3.40. The molecule has 1 N–H and O–H groups in total. The fraction of sp³-hybridized carbons (Fsp3) is 0.611. The second-order valence-corrected chi connectivity index (χ2v) is 6.78. The van der Waals surface area contributed by atoms with Gasteiger partial charge in [0, 0.05) is 12.1 Å². The maximum Gasteiger partial charge on any atom is 0.251 e. The Morgan fingerprint density at radius 2 is 2.00 bits per heavy atom. The minimum atomic E-state index is -0.119. The molecule has 0 aliphatic heterocycles. The molecule has 5 heteroatoms. The molecule has 4 nitrogen and oxygen atoms in total. The van der Waals surface area contributed by atoms with E-state index >= 15 is 0 Å². The first-order chi connectivity index (χ1) is 11.0. The number of ether oxygens (including phenoxy) is 2. The molecule has 1 saturated carbocycles.